The molecule has 3 nitrogen and oxygen atoms in total. The Balaban J connectivity index is 2.20. The molecule has 1 aliphatic carbocycles. The van der Waals surface area contributed by atoms with Crippen LogP contribution in [0.3, 0.4) is 0 Å². The average Bonchev–Trinajstić information content (AvgIpc) is 2.72. The number of hydrogen-bond acceptors (Lipinski definition) is 3. The molecule has 0 aliphatic heterocycles. The fraction of sp³-hybridized carbons (Fsp3) is 0.500. The summed E-state index contributed by atoms with van der Waals surface area (Å²) < 4.78 is 4.96. The summed E-state index contributed by atoms with van der Waals surface area (Å²) in [5, 5.41) is 3.36. The molecule has 1 saturated carbocycles. The standard InChI is InChI=1S/C14H19NO2/c1-11-8-9-14(10-11,13(16)17-2)15-12-6-4-3-5-7-12/h3-7,11,15H,8-10H2,1-2H3. The zero-order valence-electron chi connectivity index (χ0n) is 10.4. The second-order valence-electron chi connectivity index (χ2n) is 4.91. The van der Waals surface area contributed by atoms with Crippen molar-refractivity contribution >= 4 is 11.7 Å². The summed E-state index contributed by atoms with van der Waals surface area (Å²) >= 11 is 0. The Kier molecular flexibility index (Phi) is 3.36. The number of carbonyl (C=O) groups is 1. The summed E-state index contributed by atoms with van der Waals surface area (Å²) in [5.41, 5.74) is 0.446. The Labute approximate surface area is 102 Å². The average molecular weight is 233 g/mol. The number of methoxy groups -OCH3 is 1. The van der Waals surface area contributed by atoms with Gasteiger partial charge in [0.1, 0.15) is 5.54 Å². The number of hydrogen-bond donors (Lipinski definition) is 1. The van der Waals surface area contributed by atoms with Gasteiger partial charge in [-0.25, -0.2) is 4.79 Å². The molecule has 92 valence electrons. The summed E-state index contributed by atoms with van der Waals surface area (Å²) in [6.45, 7) is 2.18. The Morgan fingerprint density at radius 3 is 2.65 bits per heavy atom. The molecule has 0 spiro atoms. The zero-order chi connectivity index (χ0) is 12.3. The minimum atomic E-state index is -0.532. The summed E-state index contributed by atoms with van der Waals surface area (Å²) in [7, 11) is 1.46. The number of ether oxygens (including phenoxy) is 1. The SMILES string of the molecule is COC(=O)C1(Nc2ccccc2)CCC(C)C1. The molecule has 2 atom stereocenters. The van der Waals surface area contributed by atoms with E-state index in [9.17, 15) is 4.79 Å². The number of para-hydroxylation sites is 1. The van der Waals surface area contributed by atoms with Crippen LogP contribution in [-0.2, 0) is 9.53 Å². The van der Waals surface area contributed by atoms with Gasteiger partial charge in [0.05, 0.1) is 7.11 Å². The highest BCUT2D eigenvalue weighted by atomic mass is 16.5. The van der Waals surface area contributed by atoms with Gasteiger partial charge < -0.3 is 10.1 Å². The van der Waals surface area contributed by atoms with Crippen LogP contribution >= 0.6 is 0 Å². The van der Waals surface area contributed by atoms with Gasteiger partial charge in [0, 0.05) is 5.69 Å². The van der Waals surface area contributed by atoms with Crippen LogP contribution < -0.4 is 5.32 Å². The van der Waals surface area contributed by atoms with Gasteiger partial charge in [-0.1, -0.05) is 25.1 Å². The van der Waals surface area contributed by atoms with Crippen LogP contribution in [0.1, 0.15) is 26.2 Å². The fourth-order valence-corrected chi connectivity index (χ4v) is 2.63. The minimum absolute atomic E-state index is 0.147. The third-order valence-corrected chi connectivity index (χ3v) is 3.49. The van der Waals surface area contributed by atoms with E-state index in [4.69, 9.17) is 4.74 Å². The molecule has 0 heterocycles. The third-order valence-electron chi connectivity index (χ3n) is 3.49. The quantitative estimate of drug-likeness (QED) is 0.816. The zero-order valence-corrected chi connectivity index (χ0v) is 10.4. The monoisotopic (exact) mass is 233 g/mol. The van der Waals surface area contributed by atoms with E-state index >= 15 is 0 Å². The molecule has 0 bridgehead atoms. The smallest absolute Gasteiger partial charge is 0.331 e. The van der Waals surface area contributed by atoms with Crippen LogP contribution in [0.25, 0.3) is 0 Å². The molecule has 1 aromatic rings. The number of rotatable bonds is 3. The van der Waals surface area contributed by atoms with Crippen molar-refractivity contribution in [2.45, 2.75) is 31.7 Å². The maximum Gasteiger partial charge on any atom is 0.331 e. The largest absolute Gasteiger partial charge is 0.467 e. The van der Waals surface area contributed by atoms with Crippen LogP contribution in [0.5, 0.6) is 0 Å². The molecule has 3 heteroatoms. The molecule has 0 radical (unpaired) electrons. The fourth-order valence-electron chi connectivity index (χ4n) is 2.63. The molecule has 0 amide bonds. The van der Waals surface area contributed by atoms with Crippen LogP contribution in [0.2, 0.25) is 0 Å². The van der Waals surface area contributed by atoms with E-state index in [2.05, 4.69) is 12.2 Å². The first-order valence-electron chi connectivity index (χ1n) is 6.08. The van der Waals surface area contributed by atoms with Gasteiger partial charge in [-0.2, -0.15) is 0 Å². The molecular formula is C14H19NO2. The highest BCUT2D eigenvalue weighted by Crippen LogP contribution is 2.37. The van der Waals surface area contributed by atoms with E-state index < -0.39 is 5.54 Å². The van der Waals surface area contributed by atoms with Crippen LogP contribution in [-0.4, -0.2) is 18.6 Å². The molecule has 17 heavy (non-hydrogen) atoms. The van der Waals surface area contributed by atoms with Gasteiger partial charge in [0.15, 0.2) is 0 Å². The van der Waals surface area contributed by atoms with Crippen LogP contribution in [0, 0.1) is 5.92 Å². The highest BCUT2D eigenvalue weighted by Gasteiger charge is 2.45. The molecule has 1 aliphatic rings. The topological polar surface area (TPSA) is 38.3 Å². The second kappa shape index (κ2) is 4.78. The number of benzene rings is 1. The van der Waals surface area contributed by atoms with Crippen LogP contribution in [0.4, 0.5) is 5.69 Å². The predicted molar refractivity (Wildman–Crippen MR) is 67.8 cm³/mol. The normalized spacial score (nSPS) is 27.8. The molecule has 2 unspecified atom stereocenters. The van der Waals surface area contributed by atoms with E-state index in [1.165, 1.54) is 7.11 Å². The van der Waals surface area contributed by atoms with E-state index in [0.717, 1.165) is 24.9 Å². The lowest BCUT2D eigenvalue weighted by Gasteiger charge is -2.28. The first kappa shape index (κ1) is 12.0. The minimum Gasteiger partial charge on any atom is -0.467 e. The van der Waals surface area contributed by atoms with Crippen molar-refractivity contribution in [3.05, 3.63) is 30.3 Å². The van der Waals surface area contributed by atoms with Crippen molar-refractivity contribution in [2.24, 2.45) is 5.92 Å². The maximum atomic E-state index is 12.0. The highest BCUT2D eigenvalue weighted by molar-refractivity contribution is 5.85. The molecular weight excluding hydrogens is 214 g/mol. The van der Waals surface area contributed by atoms with Crippen molar-refractivity contribution in [1.29, 1.82) is 0 Å². The summed E-state index contributed by atoms with van der Waals surface area (Å²) in [6.07, 6.45) is 2.75. The van der Waals surface area contributed by atoms with Crippen molar-refractivity contribution in [1.82, 2.24) is 0 Å². The van der Waals surface area contributed by atoms with Gasteiger partial charge in [-0.3, -0.25) is 0 Å². The van der Waals surface area contributed by atoms with Crippen molar-refractivity contribution in [3.8, 4) is 0 Å². The first-order valence-corrected chi connectivity index (χ1v) is 6.08. The van der Waals surface area contributed by atoms with Crippen LogP contribution in [0.15, 0.2) is 30.3 Å². The van der Waals surface area contributed by atoms with E-state index in [1.54, 1.807) is 0 Å². The lowest BCUT2D eigenvalue weighted by molar-refractivity contribution is -0.145. The molecule has 1 aromatic carbocycles. The predicted octanol–water partition coefficient (Wildman–Crippen LogP) is 2.83. The Bertz CT molecular complexity index is 390. The van der Waals surface area contributed by atoms with Crippen molar-refractivity contribution in [3.63, 3.8) is 0 Å². The molecule has 0 aromatic heterocycles. The molecule has 1 N–H and O–H groups in total. The van der Waals surface area contributed by atoms with Gasteiger partial charge in [0.2, 0.25) is 0 Å². The number of nitrogens with one attached hydrogen (secondary N) is 1. The second-order valence-corrected chi connectivity index (χ2v) is 4.91. The Morgan fingerprint density at radius 2 is 2.12 bits per heavy atom. The Morgan fingerprint density at radius 1 is 1.41 bits per heavy atom. The maximum absolute atomic E-state index is 12.0. The van der Waals surface area contributed by atoms with Gasteiger partial charge in [-0.15, -0.1) is 0 Å². The van der Waals surface area contributed by atoms with E-state index in [0.29, 0.717) is 5.92 Å². The van der Waals surface area contributed by atoms with E-state index in [-0.39, 0.29) is 5.97 Å². The molecule has 2 rings (SSSR count). The van der Waals surface area contributed by atoms with Crippen molar-refractivity contribution in [2.75, 3.05) is 12.4 Å². The van der Waals surface area contributed by atoms with Gasteiger partial charge in [0.25, 0.3) is 0 Å². The Hall–Kier alpha value is -1.51. The lowest BCUT2D eigenvalue weighted by Crippen LogP contribution is -2.45. The number of carbonyl (C=O) groups excluding carboxylic acids is 1. The number of esters is 1. The summed E-state index contributed by atoms with van der Waals surface area (Å²) in [5.74, 6) is 0.413. The van der Waals surface area contributed by atoms with E-state index in [1.807, 2.05) is 30.3 Å². The summed E-state index contributed by atoms with van der Waals surface area (Å²) in [4.78, 5) is 12.0. The first-order chi connectivity index (χ1) is 8.16. The number of anilines is 1. The van der Waals surface area contributed by atoms with Gasteiger partial charge >= 0.3 is 5.97 Å². The third kappa shape index (κ3) is 2.43. The van der Waals surface area contributed by atoms with Crippen molar-refractivity contribution < 1.29 is 9.53 Å². The summed E-state index contributed by atoms with van der Waals surface area (Å²) in [6, 6.07) is 9.85. The molecule has 1 fully saturated rings. The lowest BCUT2D eigenvalue weighted by atomic mass is 9.95. The molecule has 0 saturated heterocycles. The van der Waals surface area contributed by atoms with Gasteiger partial charge in [-0.05, 0) is 37.3 Å².